The van der Waals surface area contributed by atoms with E-state index in [9.17, 15) is 14.7 Å². The molecule has 2 unspecified atom stereocenters. The van der Waals surface area contributed by atoms with Crippen molar-refractivity contribution in [2.24, 2.45) is 0 Å². The standard InChI is InChI=1S/C9H15NO5/c1-5(6(11)12)10-7(13)15-8(2,3)9(10,4)14/h5,14H,1-4H3,(H,11,12). The first kappa shape index (κ1) is 11.8. The number of nitrogens with zero attached hydrogens (tertiary/aromatic N) is 1. The van der Waals surface area contributed by atoms with Gasteiger partial charge in [-0.3, -0.25) is 4.90 Å². The number of hydrogen-bond donors (Lipinski definition) is 2. The monoisotopic (exact) mass is 217 g/mol. The molecule has 2 N–H and O–H groups in total. The molecule has 2 atom stereocenters. The van der Waals surface area contributed by atoms with Crippen LogP contribution < -0.4 is 0 Å². The van der Waals surface area contributed by atoms with Crippen molar-refractivity contribution in [1.29, 1.82) is 0 Å². The number of rotatable bonds is 2. The summed E-state index contributed by atoms with van der Waals surface area (Å²) < 4.78 is 4.92. The van der Waals surface area contributed by atoms with Gasteiger partial charge in [0, 0.05) is 0 Å². The van der Waals surface area contributed by atoms with Crippen molar-refractivity contribution in [1.82, 2.24) is 4.90 Å². The molecule has 0 bridgehead atoms. The van der Waals surface area contributed by atoms with Gasteiger partial charge in [-0.05, 0) is 27.7 Å². The van der Waals surface area contributed by atoms with E-state index in [1.54, 1.807) is 0 Å². The fourth-order valence-corrected chi connectivity index (χ4v) is 1.48. The zero-order valence-corrected chi connectivity index (χ0v) is 9.14. The maximum atomic E-state index is 11.4. The van der Waals surface area contributed by atoms with Crippen molar-refractivity contribution in [3.05, 3.63) is 0 Å². The van der Waals surface area contributed by atoms with E-state index < -0.39 is 29.4 Å². The third-order valence-electron chi connectivity index (χ3n) is 2.89. The van der Waals surface area contributed by atoms with Crippen LogP contribution in [0, 0.1) is 0 Å². The molecule has 1 aliphatic rings. The average Bonchev–Trinajstić information content (AvgIpc) is 2.16. The molecule has 0 radical (unpaired) electrons. The minimum Gasteiger partial charge on any atom is -0.480 e. The van der Waals surface area contributed by atoms with Crippen LogP contribution in [0.2, 0.25) is 0 Å². The van der Waals surface area contributed by atoms with Crippen molar-refractivity contribution >= 4 is 12.1 Å². The molecule has 15 heavy (non-hydrogen) atoms. The van der Waals surface area contributed by atoms with Gasteiger partial charge in [-0.2, -0.15) is 0 Å². The van der Waals surface area contributed by atoms with E-state index in [1.807, 2.05) is 0 Å². The predicted molar refractivity (Wildman–Crippen MR) is 50.1 cm³/mol. The molecule has 6 heteroatoms. The highest BCUT2D eigenvalue weighted by Crippen LogP contribution is 2.38. The van der Waals surface area contributed by atoms with Gasteiger partial charge in [-0.15, -0.1) is 0 Å². The molecule has 1 fully saturated rings. The van der Waals surface area contributed by atoms with Crippen molar-refractivity contribution in [2.45, 2.75) is 45.1 Å². The van der Waals surface area contributed by atoms with E-state index in [-0.39, 0.29) is 0 Å². The average molecular weight is 217 g/mol. The Balaban J connectivity index is 3.10. The molecule has 86 valence electrons. The molecule has 0 aromatic rings. The lowest BCUT2D eigenvalue weighted by Crippen LogP contribution is -2.58. The fraction of sp³-hybridized carbons (Fsp3) is 0.778. The van der Waals surface area contributed by atoms with Crippen LogP contribution in [0.3, 0.4) is 0 Å². The summed E-state index contributed by atoms with van der Waals surface area (Å²) in [4.78, 5) is 23.0. The van der Waals surface area contributed by atoms with E-state index in [2.05, 4.69) is 0 Å². The maximum absolute atomic E-state index is 11.4. The molecule has 1 aliphatic heterocycles. The van der Waals surface area contributed by atoms with E-state index >= 15 is 0 Å². The van der Waals surface area contributed by atoms with Gasteiger partial charge in [-0.25, -0.2) is 9.59 Å². The van der Waals surface area contributed by atoms with Crippen molar-refractivity contribution in [3.63, 3.8) is 0 Å². The van der Waals surface area contributed by atoms with Crippen molar-refractivity contribution < 1.29 is 24.5 Å². The van der Waals surface area contributed by atoms with Crippen molar-refractivity contribution in [2.75, 3.05) is 0 Å². The minimum absolute atomic E-state index is 0.820. The maximum Gasteiger partial charge on any atom is 0.413 e. The van der Waals surface area contributed by atoms with E-state index in [4.69, 9.17) is 9.84 Å². The highest BCUT2D eigenvalue weighted by molar-refractivity contribution is 5.81. The zero-order chi connectivity index (χ0) is 12.0. The topological polar surface area (TPSA) is 87.1 Å². The van der Waals surface area contributed by atoms with E-state index in [0.29, 0.717) is 0 Å². The van der Waals surface area contributed by atoms with Gasteiger partial charge in [0.15, 0.2) is 11.3 Å². The number of carbonyl (C=O) groups is 2. The Bertz CT molecular complexity index is 310. The Kier molecular flexibility index (Phi) is 2.43. The largest absolute Gasteiger partial charge is 0.480 e. The smallest absolute Gasteiger partial charge is 0.413 e. The molecule has 1 amide bonds. The first-order valence-electron chi connectivity index (χ1n) is 4.59. The quantitative estimate of drug-likeness (QED) is 0.699. The Hall–Kier alpha value is -1.30. The van der Waals surface area contributed by atoms with Gasteiger partial charge in [0.1, 0.15) is 6.04 Å². The second-order valence-corrected chi connectivity index (χ2v) is 4.28. The first-order valence-corrected chi connectivity index (χ1v) is 4.59. The number of carbonyl (C=O) groups excluding carboxylic acids is 1. The molecule has 0 aromatic heterocycles. The van der Waals surface area contributed by atoms with Crippen LogP contribution in [0.5, 0.6) is 0 Å². The summed E-state index contributed by atoms with van der Waals surface area (Å²) >= 11 is 0. The molecule has 6 nitrogen and oxygen atoms in total. The van der Waals surface area contributed by atoms with Crippen LogP contribution in [0.4, 0.5) is 4.79 Å². The Labute approximate surface area is 87.4 Å². The molecule has 1 rings (SSSR count). The van der Waals surface area contributed by atoms with Gasteiger partial charge in [0.25, 0.3) is 0 Å². The Morgan fingerprint density at radius 3 is 2.20 bits per heavy atom. The summed E-state index contributed by atoms with van der Waals surface area (Å²) in [5.41, 5.74) is -2.77. The number of hydrogen-bond acceptors (Lipinski definition) is 4. The molecular formula is C9H15NO5. The summed E-state index contributed by atoms with van der Waals surface area (Å²) in [6.07, 6.45) is -0.820. The summed E-state index contributed by atoms with van der Waals surface area (Å²) in [5.74, 6) is -1.19. The van der Waals surface area contributed by atoms with Gasteiger partial charge in [0.2, 0.25) is 0 Å². The van der Waals surface area contributed by atoms with Crippen LogP contribution in [-0.2, 0) is 9.53 Å². The molecule has 0 spiro atoms. The number of aliphatic hydroxyl groups is 1. The van der Waals surface area contributed by atoms with E-state index in [1.165, 1.54) is 27.7 Å². The molecule has 0 aromatic carbocycles. The summed E-state index contributed by atoms with van der Waals surface area (Å²) in [5, 5.41) is 18.9. The van der Waals surface area contributed by atoms with Crippen LogP contribution in [-0.4, -0.2) is 44.5 Å². The summed E-state index contributed by atoms with van der Waals surface area (Å²) in [6.45, 7) is 5.73. The lowest BCUT2D eigenvalue weighted by atomic mass is 9.95. The number of cyclic esters (lactones) is 1. The third-order valence-corrected chi connectivity index (χ3v) is 2.89. The number of ether oxygens (including phenoxy) is 1. The number of carboxylic acid groups (broad SMARTS) is 1. The second-order valence-electron chi connectivity index (χ2n) is 4.28. The predicted octanol–water partition coefficient (Wildman–Crippen LogP) is 0.399. The number of aliphatic carboxylic acids is 1. The lowest BCUT2D eigenvalue weighted by molar-refractivity contribution is -0.159. The molecule has 0 aliphatic carbocycles. The Morgan fingerprint density at radius 2 is 1.93 bits per heavy atom. The zero-order valence-electron chi connectivity index (χ0n) is 9.14. The van der Waals surface area contributed by atoms with Gasteiger partial charge < -0.3 is 14.9 Å². The van der Waals surface area contributed by atoms with Crippen LogP contribution in [0.15, 0.2) is 0 Å². The second kappa shape index (κ2) is 3.10. The van der Waals surface area contributed by atoms with Crippen LogP contribution in [0.25, 0.3) is 0 Å². The molecule has 1 heterocycles. The first-order chi connectivity index (χ1) is 6.61. The fourth-order valence-electron chi connectivity index (χ4n) is 1.48. The lowest BCUT2D eigenvalue weighted by Gasteiger charge is -2.36. The van der Waals surface area contributed by atoms with E-state index in [0.717, 1.165) is 4.90 Å². The highest BCUT2D eigenvalue weighted by Gasteiger charge is 2.59. The Morgan fingerprint density at radius 1 is 1.47 bits per heavy atom. The van der Waals surface area contributed by atoms with Gasteiger partial charge in [0.05, 0.1) is 0 Å². The van der Waals surface area contributed by atoms with Crippen LogP contribution in [0.1, 0.15) is 27.7 Å². The van der Waals surface area contributed by atoms with Crippen molar-refractivity contribution in [3.8, 4) is 0 Å². The van der Waals surface area contributed by atoms with Gasteiger partial charge in [-0.1, -0.05) is 0 Å². The third kappa shape index (κ3) is 1.54. The van der Waals surface area contributed by atoms with Gasteiger partial charge >= 0.3 is 12.1 Å². The minimum atomic E-state index is -1.64. The van der Waals surface area contributed by atoms with Crippen LogP contribution >= 0.6 is 0 Å². The molecular weight excluding hydrogens is 202 g/mol. The number of amides is 1. The summed E-state index contributed by atoms with van der Waals surface area (Å²) in [7, 11) is 0. The number of carboxylic acids is 1. The normalized spacial score (nSPS) is 31.3. The molecule has 1 saturated heterocycles. The molecule has 0 saturated carbocycles. The summed E-state index contributed by atoms with van der Waals surface area (Å²) in [6, 6.07) is -1.13. The SMILES string of the molecule is CC(C(=O)O)N1C(=O)OC(C)(C)C1(C)O. The highest BCUT2D eigenvalue weighted by atomic mass is 16.6.